The zero-order valence-corrected chi connectivity index (χ0v) is 14.2. The molecule has 0 unspecified atom stereocenters. The van der Waals surface area contributed by atoms with Crippen molar-refractivity contribution in [3.05, 3.63) is 46.8 Å². The molecule has 2 aromatic rings. The highest BCUT2D eigenvalue weighted by Crippen LogP contribution is 2.32. The van der Waals surface area contributed by atoms with Gasteiger partial charge in [0.1, 0.15) is 0 Å². The lowest BCUT2D eigenvalue weighted by Gasteiger charge is -2.22. The maximum atomic E-state index is 12.8. The van der Waals surface area contributed by atoms with Gasteiger partial charge in [-0.05, 0) is 50.5 Å². The number of para-hydroxylation sites is 1. The maximum absolute atomic E-state index is 12.8. The van der Waals surface area contributed by atoms with Crippen molar-refractivity contribution in [3.63, 3.8) is 0 Å². The maximum Gasteiger partial charge on any atom is 0.268 e. The van der Waals surface area contributed by atoms with Crippen LogP contribution in [0.3, 0.4) is 0 Å². The summed E-state index contributed by atoms with van der Waals surface area (Å²) in [6, 6.07) is 11.5. The van der Waals surface area contributed by atoms with E-state index < -0.39 is 0 Å². The van der Waals surface area contributed by atoms with Crippen LogP contribution in [-0.4, -0.2) is 18.4 Å². The summed E-state index contributed by atoms with van der Waals surface area (Å²) in [4.78, 5) is 27.0. The normalized spacial score (nSPS) is 13.7. The predicted molar refractivity (Wildman–Crippen MR) is 94.2 cm³/mol. The molecule has 1 aliphatic rings. The Morgan fingerprint density at radius 2 is 1.96 bits per heavy atom. The van der Waals surface area contributed by atoms with Crippen LogP contribution in [0.25, 0.3) is 0 Å². The van der Waals surface area contributed by atoms with Gasteiger partial charge >= 0.3 is 0 Å². The summed E-state index contributed by atoms with van der Waals surface area (Å²) in [7, 11) is 0. The number of nitrogens with zero attached hydrogens (tertiary/aromatic N) is 1. The molecule has 1 fully saturated rings. The van der Waals surface area contributed by atoms with Gasteiger partial charge in [0, 0.05) is 18.2 Å². The highest BCUT2D eigenvalue weighted by atomic mass is 32.1. The minimum Gasteiger partial charge on any atom is -0.317 e. The molecule has 0 radical (unpaired) electrons. The van der Waals surface area contributed by atoms with E-state index in [0.717, 1.165) is 29.1 Å². The Kier molecular flexibility index (Phi) is 4.48. The molecular formula is C18H20N2O2S. The number of hydrogen-bond donors (Lipinski definition) is 1. The third kappa shape index (κ3) is 3.45. The first kappa shape index (κ1) is 15.7. The third-order valence-corrected chi connectivity index (χ3v) is 4.97. The third-order valence-electron chi connectivity index (χ3n) is 3.98. The van der Waals surface area contributed by atoms with E-state index in [2.05, 4.69) is 5.32 Å². The Morgan fingerprint density at radius 3 is 2.61 bits per heavy atom. The number of rotatable bonds is 5. The van der Waals surface area contributed by atoms with Gasteiger partial charge in [-0.15, -0.1) is 11.3 Å². The number of aryl methyl sites for hydroxylation is 1. The molecule has 120 valence electrons. The predicted octanol–water partition coefficient (Wildman–Crippen LogP) is 4.07. The van der Waals surface area contributed by atoms with Crippen LogP contribution in [0.2, 0.25) is 0 Å². The van der Waals surface area contributed by atoms with E-state index in [-0.39, 0.29) is 17.7 Å². The second-order valence-electron chi connectivity index (χ2n) is 5.76. The van der Waals surface area contributed by atoms with Crippen LogP contribution in [0.1, 0.15) is 35.0 Å². The van der Waals surface area contributed by atoms with Crippen molar-refractivity contribution in [1.29, 1.82) is 0 Å². The summed E-state index contributed by atoms with van der Waals surface area (Å²) in [5.74, 6) is 0.200. The number of hydrogen-bond acceptors (Lipinski definition) is 3. The van der Waals surface area contributed by atoms with Crippen molar-refractivity contribution in [1.82, 2.24) is 0 Å². The number of amides is 2. The Hall–Kier alpha value is -2.14. The molecule has 0 spiro atoms. The van der Waals surface area contributed by atoms with Crippen molar-refractivity contribution >= 4 is 33.8 Å². The minimum absolute atomic E-state index is 0.0290. The van der Waals surface area contributed by atoms with Crippen LogP contribution in [0.4, 0.5) is 10.7 Å². The Morgan fingerprint density at radius 1 is 1.22 bits per heavy atom. The lowest BCUT2D eigenvalue weighted by molar-refractivity contribution is -0.117. The van der Waals surface area contributed by atoms with Crippen LogP contribution < -0.4 is 10.2 Å². The molecule has 4 nitrogen and oxygen atoms in total. The van der Waals surface area contributed by atoms with Crippen molar-refractivity contribution in [2.24, 2.45) is 5.92 Å². The van der Waals surface area contributed by atoms with Crippen LogP contribution >= 0.6 is 11.3 Å². The number of thiophene rings is 1. The van der Waals surface area contributed by atoms with Gasteiger partial charge in [0.15, 0.2) is 0 Å². The molecule has 1 N–H and O–H groups in total. The summed E-state index contributed by atoms with van der Waals surface area (Å²) < 4.78 is 0. The van der Waals surface area contributed by atoms with Gasteiger partial charge in [-0.3, -0.25) is 9.59 Å². The Bertz CT molecular complexity index is 734. The van der Waals surface area contributed by atoms with Gasteiger partial charge < -0.3 is 10.2 Å². The molecule has 1 heterocycles. The molecule has 23 heavy (non-hydrogen) atoms. The second-order valence-corrected chi connectivity index (χ2v) is 6.85. The first-order valence-corrected chi connectivity index (χ1v) is 8.70. The highest BCUT2D eigenvalue weighted by Gasteiger charge is 2.30. The summed E-state index contributed by atoms with van der Waals surface area (Å²) in [5, 5.41) is 3.64. The fourth-order valence-electron chi connectivity index (χ4n) is 2.51. The van der Waals surface area contributed by atoms with Crippen molar-refractivity contribution in [2.45, 2.75) is 26.7 Å². The molecule has 2 amide bonds. The average Bonchev–Trinajstić information content (AvgIpc) is 3.30. The number of benzene rings is 1. The molecule has 3 rings (SSSR count). The summed E-state index contributed by atoms with van der Waals surface area (Å²) in [5.41, 5.74) is 2.00. The topological polar surface area (TPSA) is 49.4 Å². The summed E-state index contributed by atoms with van der Waals surface area (Å²) >= 11 is 1.34. The fraction of sp³-hybridized carbons (Fsp3) is 0.333. The molecule has 0 atom stereocenters. The van der Waals surface area contributed by atoms with Crippen molar-refractivity contribution in [2.75, 3.05) is 16.8 Å². The van der Waals surface area contributed by atoms with Crippen LogP contribution in [0, 0.1) is 12.8 Å². The van der Waals surface area contributed by atoms with E-state index >= 15 is 0 Å². The first-order valence-electron chi connectivity index (χ1n) is 7.88. The molecule has 0 bridgehead atoms. The number of anilines is 2. The van der Waals surface area contributed by atoms with Gasteiger partial charge in [0.05, 0.1) is 9.88 Å². The minimum atomic E-state index is -0.0290. The van der Waals surface area contributed by atoms with Crippen molar-refractivity contribution < 1.29 is 9.59 Å². The number of carbonyl (C=O) groups excluding carboxylic acids is 2. The quantitative estimate of drug-likeness (QED) is 0.899. The van der Waals surface area contributed by atoms with E-state index in [9.17, 15) is 9.59 Å². The largest absolute Gasteiger partial charge is 0.317 e. The lowest BCUT2D eigenvalue weighted by Crippen LogP contribution is -2.30. The van der Waals surface area contributed by atoms with Crippen molar-refractivity contribution in [3.8, 4) is 0 Å². The van der Waals surface area contributed by atoms with Gasteiger partial charge in [0.2, 0.25) is 5.91 Å². The van der Waals surface area contributed by atoms with Gasteiger partial charge in [-0.25, -0.2) is 0 Å². The monoisotopic (exact) mass is 328 g/mol. The molecule has 1 aromatic heterocycles. The van der Waals surface area contributed by atoms with Gasteiger partial charge in [0.25, 0.3) is 5.91 Å². The fourth-order valence-corrected chi connectivity index (χ4v) is 3.37. The molecule has 1 saturated carbocycles. The van der Waals surface area contributed by atoms with Gasteiger partial charge in [-0.2, -0.15) is 0 Å². The molecule has 0 saturated heterocycles. The molecular weight excluding hydrogens is 308 g/mol. The van der Waals surface area contributed by atoms with E-state index in [0.29, 0.717) is 11.4 Å². The van der Waals surface area contributed by atoms with E-state index in [4.69, 9.17) is 0 Å². The first-order chi connectivity index (χ1) is 11.1. The zero-order valence-electron chi connectivity index (χ0n) is 13.3. The smallest absolute Gasteiger partial charge is 0.268 e. The standard InChI is InChI=1S/C18H20N2O2S/c1-3-20(14-7-5-4-6-12(14)2)18(22)15-10-11-16(23-15)19-17(21)13-8-9-13/h4-7,10-11,13H,3,8-9H2,1-2H3,(H,19,21). The van der Waals surface area contributed by atoms with E-state index in [1.54, 1.807) is 11.0 Å². The molecule has 1 aromatic carbocycles. The molecule has 1 aliphatic carbocycles. The van der Waals surface area contributed by atoms with Crippen LogP contribution in [0.15, 0.2) is 36.4 Å². The number of nitrogens with one attached hydrogen (secondary N) is 1. The average molecular weight is 328 g/mol. The second kappa shape index (κ2) is 6.54. The number of carbonyl (C=O) groups is 2. The summed E-state index contributed by atoms with van der Waals surface area (Å²) in [6.07, 6.45) is 1.94. The molecule has 5 heteroatoms. The zero-order chi connectivity index (χ0) is 16.4. The molecule has 0 aliphatic heterocycles. The SMILES string of the molecule is CCN(C(=O)c1ccc(NC(=O)C2CC2)s1)c1ccccc1C. The van der Waals surface area contributed by atoms with Gasteiger partial charge in [-0.1, -0.05) is 18.2 Å². The van der Waals surface area contributed by atoms with Crippen LogP contribution in [-0.2, 0) is 4.79 Å². The Balaban J connectivity index is 1.77. The van der Waals surface area contributed by atoms with E-state index in [1.807, 2.05) is 44.2 Å². The Labute approximate surface area is 140 Å². The van der Waals surface area contributed by atoms with Crippen LogP contribution in [0.5, 0.6) is 0 Å². The highest BCUT2D eigenvalue weighted by molar-refractivity contribution is 7.18. The summed E-state index contributed by atoms with van der Waals surface area (Å²) in [6.45, 7) is 4.57. The lowest BCUT2D eigenvalue weighted by atomic mass is 10.1. The van der Waals surface area contributed by atoms with E-state index in [1.165, 1.54) is 11.3 Å².